The molecule has 1 fully saturated rings. The number of amides is 2. The molecule has 0 radical (unpaired) electrons. The topological polar surface area (TPSA) is 79.6 Å². The van der Waals surface area contributed by atoms with Crippen molar-refractivity contribution < 1.29 is 9.59 Å². The first-order chi connectivity index (χ1) is 16.7. The van der Waals surface area contributed by atoms with Crippen molar-refractivity contribution in [3.05, 3.63) is 40.6 Å². The summed E-state index contributed by atoms with van der Waals surface area (Å²) in [6.07, 6.45) is 10.4. The zero-order valence-corrected chi connectivity index (χ0v) is 22.5. The second-order valence-corrected chi connectivity index (χ2v) is 11.0. The van der Waals surface area contributed by atoms with Crippen molar-refractivity contribution in [3.8, 4) is 0 Å². The van der Waals surface area contributed by atoms with Gasteiger partial charge in [0.2, 0.25) is 0 Å². The summed E-state index contributed by atoms with van der Waals surface area (Å²) >= 11 is 1.53. The van der Waals surface area contributed by atoms with E-state index in [4.69, 9.17) is 4.98 Å². The van der Waals surface area contributed by atoms with Gasteiger partial charge in [-0.15, -0.1) is 11.8 Å². The highest BCUT2D eigenvalue weighted by Crippen LogP contribution is 2.38. The number of dihydropyridines is 1. The zero-order chi connectivity index (χ0) is 25.3. The number of nitrogens with one attached hydrogen (secondary N) is 1. The lowest BCUT2D eigenvalue weighted by Gasteiger charge is -2.36. The first kappa shape index (κ1) is 25.6. The van der Waals surface area contributed by atoms with Gasteiger partial charge in [0, 0.05) is 46.5 Å². The Morgan fingerprint density at radius 3 is 2.63 bits per heavy atom. The summed E-state index contributed by atoms with van der Waals surface area (Å²) in [4.78, 5) is 38.1. The lowest BCUT2D eigenvalue weighted by molar-refractivity contribution is -0.120. The molecule has 2 aromatic rings. The normalized spacial score (nSPS) is 23.9. The first-order valence-corrected chi connectivity index (χ1v) is 13.7. The number of nitrogens with zero attached hydrogens (tertiary/aromatic N) is 4. The lowest BCUT2D eigenvalue weighted by atomic mass is 9.81. The molecular weight excluding hydrogens is 458 g/mol. The highest BCUT2D eigenvalue weighted by Gasteiger charge is 2.32. The van der Waals surface area contributed by atoms with Crippen LogP contribution in [-0.4, -0.2) is 64.9 Å². The fraction of sp³-hybridized carbons (Fsp3) is 0.556. The molecule has 35 heavy (non-hydrogen) atoms. The number of carbonyl (C=O) groups excluding carboxylic acids is 2. The molecule has 0 spiro atoms. The van der Waals surface area contributed by atoms with Crippen LogP contribution in [-0.2, 0) is 4.79 Å². The number of hydrogen-bond acceptors (Lipinski definition) is 5. The first-order valence-electron chi connectivity index (χ1n) is 12.5. The molecule has 8 heteroatoms. The van der Waals surface area contributed by atoms with Crippen LogP contribution in [0.3, 0.4) is 0 Å². The Balaban J connectivity index is 1.58. The van der Waals surface area contributed by atoms with E-state index in [0.29, 0.717) is 23.2 Å². The molecule has 1 aliphatic carbocycles. The van der Waals surface area contributed by atoms with Crippen molar-refractivity contribution in [1.29, 1.82) is 0 Å². The van der Waals surface area contributed by atoms with Gasteiger partial charge in [-0.05, 0) is 90.9 Å². The van der Waals surface area contributed by atoms with Gasteiger partial charge in [0.15, 0.2) is 0 Å². The maximum Gasteiger partial charge on any atom is 0.255 e. The van der Waals surface area contributed by atoms with Gasteiger partial charge in [-0.1, -0.05) is 0 Å². The SMILES string of the molecule is CSC1=CC(C)=NC(=O)C1CNC(=O)c1c(C)n([C@H](C)C2CCC(N(C)C)CC2)c2ncccc12. The number of carbonyl (C=O) groups is 2. The van der Waals surface area contributed by atoms with Gasteiger partial charge in [0.1, 0.15) is 5.65 Å². The maximum atomic E-state index is 13.5. The predicted molar refractivity (Wildman–Crippen MR) is 144 cm³/mol. The third-order valence-electron chi connectivity index (χ3n) is 7.78. The fourth-order valence-corrected chi connectivity index (χ4v) is 6.50. The second-order valence-electron chi connectivity index (χ2n) is 10.1. The van der Waals surface area contributed by atoms with Gasteiger partial charge in [-0.3, -0.25) is 9.59 Å². The molecule has 0 bridgehead atoms. The quantitative estimate of drug-likeness (QED) is 0.606. The van der Waals surface area contributed by atoms with Gasteiger partial charge in [-0.25, -0.2) is 9.98 Å². The van der Waals surface area contributed by atoms with E-state index in [1.165, 1.54) is 37.4 Å². The van der Waals surface area contributed by atoms with Crippen LogP contribution in [0, 0.1) is 18.8 Å². The van der Waals surface area contributed by atoms with E-state index < -0.39 is 5.92 Å². The molecule has 0 saturated heterocycles. The zero-order valence-electron chi connectivity index (χ0n) is 21.7. The van der Waals surface area contributed by atoms with E-state index in [1.54, 1.807) is 6.20 Å². The Morgan fingerprint density at radius 1 is 1.26 bits per heavy atom. The number of aliphatic imine (C=N–C) groups is 1. The Kier molecular flexibility index (Phi) is 7.81. The summed E-state index contributed by atoms with van der Waals surface area (Å²) in [5, 5.41) is 3.89. The molecule has 1 unspecified atom stereocenters. The maximum absolute atomic E-state index is 13.5. The van der Waals surface area contributed by atoms with Crippen LogP contribution in [0.2, 0.25) is 0 Å². The van der Waals surface area contributed by atoms with E-state index in [2.05, 4.69) is 40.8 Å². The number of thioether (sulfide) groups is 1. The summed E-state index contributed by atoms with van der Waals surface area (Å²) in [6, 6.07) is 4.76. The molecule has 3 heterocycles. The lowest BCUT2D eigenvalue weighted by Crippen LogP contribution is -2.35. The Labute approximate surface area is 212 Å². The van der Waals surface area contributed by atoms with Gasteiger partial charge < -0.3 is 14.8 Å². The number of aromatic nitrogens is 2. The minimum Gasteiger partial charge on any atom is -0.351 e. The molecule has 1 N–H and O–H groups in total. The van der Waals surface area contributed by atoms with E-state index in [-0.39, 0.29) is 24.4 Å². The molecule has 2 atom stereocenters. The van der Waals surface area contributed by atoms with E-state index >= 15 is 0 Å². The van der Waals surface area contributed by atoms with Crippen LogP contribution in [0.5, 0.6) is 0 Å². The van der Waals surface area contributed by atoms with Crippen LogP contribution in [0.15, 0.2) is 34.3 Å². The number of rotatable bonds is 7. The van der Waals surface area contributed by atoms with Crippen LogP contribution < -0.4 is 5.32 Å². The number of allylic oxidation sites excluding steroid dienone is 1. The highest BCUT2D eigenvalue weighted by atomic mass is 32.2. The Bertz CT molecular complexity index is 1170. The number of pyridine rings is 1. The van der Waals surface area contributed by atoms with Crippen molar-refractivity contribution in [2.24, 2.45) is 16.8 Å². The largest absolute Gasteiger partial charge is 0.351 e. The monoisotopic (exact) mass is 495 g/mol. The molecule has 2 aromatic heterocycles. The third kappa shape index (κ3) is 5.09. The average Bonchev–Trinajstić information content (AvgIpc) is 3.14. The molecule has 1 saturated carbocycles. The van der Waals surface area contributed by atoms with Gasteiger partial charge in [-0.2, -0.15) is 0 Å². The standard InChI is InChI=1S/C27H37N5O2S/c1-16-14-23(35-6)22(26(33)30-16)15-29-27(34)24-18(3)32(25-21(24)8-7-13-28-25)17(2)19-9-11-20(12-10-19)31(4)5/h7-8,13-14,17,19-20,22H,9-12,15H2,1-6H3,(H,29,34)/t17-,19?,20?,22?/m1/s1. The van der Waals surface area contributed by atoms with Gasteiger partial charge in [0.25, 0.3) is 11.8 Å². The van der Waals surface area contributed by atoms with Crippen LogP contribution in [0.25, 0.3) is 11.0 Å². The summed E-state index contributed by atoms with van der Waals surface area (Å²) in [5.74, 6) is -0.247. The van der Waals surface area contributed by atoms with Crippen molar-refractivity contribution in [1.82, 2.24) is 19.8 Å². The molecule has 4 rings (SSSR count). The van der Waals surface area contributed by atoms with Crippen LogP contribution in [0.4, 0.5) is 0 Å². The van der Waals surface area contributed by atoms with E-state index in [0.717, 1.165) is 21.6 Å². The van der Waals surface area contributed by atoms with Crippen molar-refractivity contribution in [2.75, 3.05) is 26.9 Å². The highest BCUT2D eigenvalue weighted by molar-refractivity contribution is 8.02. The minimum atomic E-state index is -0.435. The average molecular weight is 496 g/mol. The number of hydrogen-bond donors (Lipinski definition) is 1. The van der Waals surface area contributed by atoms with E-state index in [1.807, 2.05) is 38.3 Å². The second kappa shape index (κ2) is 10.7. The van der Waals surface area contributed by atoms with Crippen molar-refractivity contribution in [2.45, 2.75) is 58.5 Å². The Morgan fingerprint density at radius 2 is 1.97 bits per heavy atom. The van der Waals surface area contributed by atoms with Gasteiger partial charge >= 0.3 is 0 Å². The predicted octanol–water partition coefficient (Wildman–Crippen LogP) is 4.62. The summed E-state index contributed by atoms with van der Waals surface area (Å²) in [5.41, 5.74) is 3.15. The third-order valence-corrected chi connectivity index (χ3v) is 8.65. The summed E-state index contributed by atoms with van der Waals surface area (Å²) < 4.78 is 2.26. The summed E-state index contributed by atoms with van der Waals surface area (Å²) in [6.45, 7) is 6.34. The minimum absolute atomic E-state index is 0.165. The van der Waals surface area contributed by atoms with Crippen molar-refractivity contribution in [3.63, 3.8) is 0 Å². The number of fused-ring (bicyclic) bond motifs is 1. The van der Waals surface area contributed by atoms with Gasteiger partial charge in [0.05, 0.1) is 11.5 Å². The molecule has 1 aliphatic heterocycles. The smallest absolute Gasteiger partial charge is 0.255 e. The van der Waals surface area contributed by atoms with Crippen LogP contribution >= 0.6 is 11.8 Å². The molecule has 0 aromatic carbocycles. The molecule has 188 valence electrons. The Hall–Kier alpha value is -2.45. The molecule has 2 amide bonds. The molecule has 7 nitrogen and oxygen atoms in total. The van der Waals surface area contributed by atoms with Crippen LogP contribution in [0.1, 0.15) is 61.6 Å². The molecule has 2 aliphatic rings. The van der Waals surface area contributed by atoms with Crippen molar-refractivity contribution >= 4 is 40.3 Å². The van der Waals surface area contributed by atoms with E-state index in [9.17, 15) is 9.59 Å². The fourth-order valence-electron chi connectivity index (χ4n) is 5.74. The summed E-state index contributed by atoms with van der Waals surface area (Å²) in [7, 11) is 4.33. The molecular formula is C27H37N5O2S.